The van der Waals surface area contributed by atoms with E-state index in [-0.39, 0.29) is 5.91 Å². The van der Waals surface area contributed by atoms with E-state index in [9.17, 15) is 4.79 Å². The van der Waals surface area contributed by atoms with Gasteiger partial charge in [-0.15, -0.1) is 0 Å². The molecule has 1 aliphatic heterocycles. The fourth-order valence-corrected chi connectivity index (χ4v) is 2.80. The number of halogens is 1. The third kappa shape index (κ3) is 4.46. The van der Waals surface area contributed by atoms with Gasteiger partial charge in [-0.1, -0.05) is 29.8 Å². The molecule has 1 fully saturated rings. The molecule has 1 aromatic heterocycles. The van der Waals surface area contributed by atoms with Crippen LogP contribution in [0.5, 0.6) is 0 Å². The molecule has 0 saturated carbocycles. The van der Waals surface area contributed by atoms with Crippen molar-refractivity contribution in [3.05, 3.63) is 58.7 Å². The highest BCUT2D eigenvalue weighted by Gasteiger charge is 2.16. The second kappa shape index (κ2) is 8.13. The maximum atomic E-state index is 12.2. The molecule has 1 aliphatic rings. The predicted octanol–water partition coefficient (Wildman–Crippen LogP) is 2.43. The first-order valence-corrected chi connectivity index (χ1v) is 8.38. The van der Waals surface area contributed by atoms with Gasteiger partial charge in [0.05, 0.1) is 19.6 Å². The average molecular weight is 346 g/mol. The summed E-state index contributed by atoms with van der Waals surface area (Å²) >= 11 is 5.86. The van der Waals surface area contributed by atoms with Gasteiger partial charge in [-0.2, -0.15) is 0 Å². The van der Waals surface area contributed by atoms with E-state index in [1.54, 1.807) is 18.3 Å². The first kappa shape index (κ1) is 16.7. The van der Waals surface area contributed by atoms with Crippen LogP contribution in [0, 0.1) is 0 Å². The van der Waals surface area contributed by atoms with Crippen LogP contribution in [0.1, 0.15) is 11.1 Å². The summed E-state index contributed by atoms with van der Waals surface area (Å²) in [5.41, 5.74) is 1.96. The summed E-state index contributed by atoms with van der Waals surface area (Å²) in [7, 11) is 0. The fraction of sp³-hybridized carbons (Fsp3) is 0.333. The zero-order chi connectivity index (χ0) is 16.8. The molecule has 5 nitrogen and oxygen atoms in total. The molecule has 0 unspecified atom stereocenters. The normalized spacial score (nSPS) is 14.5. The van der Waals surface area contributed by atoms with Gasteiger partial charge in [-0.25, -0.2) is 4.98 Å². The van der Waals surface area contributed by atoms with Crippen molar-refractivity contribution in [2.24, 2.45) is 0 Å². The number of pyridine rings is 1. The summed E-state index contributed by atoms with van der Waals surface area (Å²) in [5.74, 6) is 0.904. The number of rotatable bonds is 5. The third-order valence-corrected chi connectivity index (χ3v) is 4.18. The Labute approximate surface area is 146 Å². The van der Waals surface area contributed by atoms with Crippen LogP contribution in [0.2, 0.25) is 5.02 Å². The summed E-state index contributed by atoms with van der Waals surface area (Å²) in [4.78, 5) is 18.8. The Bertz CT molecular complexity index is 685. The lowest BCUT2D eigenvalue weighted by Crippen LogP contribution is -2.38. The summed E-state index contributed by atoms with van der Waals surface area (Å²) in [6.07, 6.45) is 2.12. The van der Waals surface area contributed by atoms with Gasteiger partial charge in [0.15, 0.2) is 0 Å². The zero-order valence-corrected chi connectivity index (χ0v) is 14.1. The largest absolute Gasteiger partial charge is 0.378 e. The molecular weight excluding hydrogens is 326 g/mol. The van der Waals surface area contributed by atoms with Gasteiger partial charge < -0.3 is 15.0 Å². The SMILES string of the molecule is O=C(Cc1ccc(Cl)cc1)NCc1cccnc1N1CCOCC1. The monoisotopic (exact) mass is 345 g/mol. The predicted molar refractivity (Wildman–Crippen MR) is 94.3 cm³/mol. The van der Waals surface area contributed by atoms with Crippen LogP contribution in [-0.2, 0) is 22.5 Å². The summed E-state index contributed by atoms with van der Waals surface area (Å²) in [6.45, 7) is 3.52. The Balaban J connectivity index is 1.59. The van der Waals surface area contributed by atoms with Gasteiger partial charge in [0.1, 0.15) is 5.82 Å². The standard InChI is InChI=1S/C18H20ClN3O2/c19-16-5-3-14(4-6-16)12-17(23)21-13-15-2-1-7-20-18(15)22-8-10-24-11-9-22/h1-7H,8-13H2,(H,21,23). The maximum Gasteiger partial charge on any atom is 0.224 e. The second-order valence-corrected chi connectivity index (χ2v) is 6.10. The molecule has 1 N–H and O–H groups in total. The Morgan fingerprint density at radius 3 is 2.71 bits per heavy atom. The molecule has 1 amide bonds. The lowest BCUT2D eigenvalue weighted by molar-refractivity contribution is -0.120. The van der Waals surface area contributed by atoms with Crippen LogP contribution in [0.15, 0.2) is 42.6 Å². The number of nitrogens with zero attached hydrogens (tertiary/aromatic N) is 2. The Kier molecular flexibility index (Phi) is 5.67. The number of hydrogen-bond acceptors (Lipinski definition) is 4. The summed E-state index contributed by atoms with van der Waals surface area (Å²) in [5, 5.41) is 3.64. The van der Waals surface area contributed by atoms with Crippen molar-refractivity contribution in [2.75, 3.05) is 31.2 Å². The van der Waals surface area contributed by atoms with Crippen molar-refractivity contribution in [3.8, 4) is 0 Å². The van der Waals surface area contributed by atoms with E-state index >= 15 is 0 Å². The molecule has 0 atom stereocenters. The van der Waals surface area contributed by atoms with Gasteiger partial charge in [0.25, 0.3) is 0 Å². The minimum Gasteiger partial charge on any atom is -0.378 e. The highest BCUT2D eigenvalue weighted by molar-refractivity contribution is 6.30. The van der Waals surface area contributed by atoms with E-state index in [0.717, 1.165) is 30.0 Å². The number of benzene rings is 1. The van der Waals surface area contributed by atoms with Crippen LogP contribution < -0.4 is 10.2 Å². The van der Waals surface area contributed by atoms with Gasteiger partial charge >= 0.3 is 0 Å². The van der Waals surface area contributed by atoms with E-state index in [2.05, 4.69) is 15.2 Å². The molecule has 2 aromatic rings. The number of carbonyl (C=O) groups excluding carboxylic acids is 1. The fourth-order valence-electron chi connectivity index (χ4n) is 2.67. The van der Waals surface area contributed by atoms with Crippen molar-refractivity contribution in [3.63, 3.8) is 0 Å². The number of carbonyl (C=O) groups is 1. The number of ether oxygens (including phenoxy) is 1. The van der Waals surface area contributed by atoms with Crippen LogP contribution in [0.4, 0.5) is 5.82 Å². The van der Waals surface area contributed by atoms with E-state index < -0.39 is 0 Å². The number of anilines is 1. The minimum atomic E-state index is -0.0193. The lowest BCUT2D eigenvalue weighted by Gasteiger charge is -2.29. The molecule has 3 rings (SSSR count). The van der Waals surface area contributed by atoms with Crippen LogP contribution in [-0.4, -0.2) is 37.2 Å². The second-order valence-electron chi connectivity index (χ2n) is 5.67. The van der Waals surface area contributed by atoms with Gasteiger partial charge in [0.2, 0.25) is 5.91 Å². The molecule has 0 radical (unpaired) electrons. The van der Waals surface area contributed by atoms with Gasteiger partial charge in [0, 0.05) is 36.4 Å². The highest BCUT2D eigenvalue weighted by atomic mass is 35.5. The minimum absolute atomic E-state index is 0.0193. The van der Waals surface area contributed by atoms with Crippen molar-refractivity contribution < 1.29 is 9.53 Å². The topological polar surface area (TPSA) is 54.5 Å². The van der Waals surface area contributed by atoms with Crippen molar-refractivity contribution in [1.82, 2.24) is 10.3 Å². The van der Waals surface area contributed by atoms with E-state index in [1.807, 2.05) is 24.3 Å². The molecule has 24 heavy (non-hydrogen) atoms. The third-order valence-electron chi connectivity index (χ3n) is 3.93. The Hall–Kier alpha value is -2.11. The molecule has 0 aliphatic carbocycles. The average Bonchev–Trinajstić information content (AvgIpc) is 2.63. The lowest BCUT2D eigenvalue weighted by atomic mass is 10.1. The molecule has 2 heterocycles. The molecule has 6 heteroatoms. The smallest absolute Gasteiger partial charge is 0.224 e. The van der Waals surface area contributed by atoms with Crippen LogP contribution in [0.25, 0.3) is 0 Å². The van der Waals surface area contributed by atoms with Crippen LogP contribution in [0.3, 0.4) is 0 Å². The molecule has 0 bridgehead atoms. The quantitative estimate of drug-likeness (QED) is 0.904. The maximum absolute atomic E-state index is 12.2. The van der Waals surface area contributed by atoms with E-state index in [0.29, 0.717) is 31.2 Å². The van der Waals surface area contributed by atoms with Gasteiger partial charge in [-0.3, -0.25) is 4.79 Å². The Morgan fingerprint density at radius 1 is 1.21 bits per heavy atom. The molecule has 1 aromatic carbocycles. The van der Waals surface area contributed by atoms with Crippen molar-refractivity contribution in [1.29, 1.82) is 0 Å². The molecule has 126 valence electrons. The number of nitrogens with one attached hydrogen (secondary N) is 1. The first-order valence-electron chi connectivity index (χ1n) is 8.00. The van der Waals surface area contributed by atoms with Crippen molar-refractivity contribution >= 4 is 23.3 Å². The Morgan fingerprint density at radius 2 is 1.96 bits per heavy atom. The van der Waals surface area contributed by atoms with Crippen LogP contribution >= 0.6 is 11.6 Å². The highest BCUT2D eigenvalue weighted by Crippen LogP contribution is 2.18. The molecule has 1 saturated heterocycles. The van der Waals surface area contributed by atoms with E-state index in [1.165, 1.54) is 0 Å². The number of hydrogen-bond donors (Lipinski definition) is 1. The molecule has 0 spiro atoms. The van der Waals surface area contributed by atoms with E-state index in [4.69, 9.17) is 16.3 Å². The zero-order valence-electron chi connectivity index (χ0n) is 13.4. The molecular formula is C18H20ClN3O2. The number of morpholine rings is 1. The first-order chi connectivity index (χ1) is 11.7. The number of amides is 1. The summed E-state index contributed by atoms with van der Waals surface area (Å²) < 4.78 is 5.39. The number of aromatic nitrogens is 1. The van der Waals surface area contributed by atoms with Gasteiger partial charge in [-0.05, 0) is 23.8 Å². The van der Waals surface area contributed by atoms with Crippen molar-refractivity contribution in [2.45, 2.75) is 13.0 Å². The summed E-state index contributed by atoms with van der Waals surface area (Å²) in [6, 6.07) is 11.2.